The number of hydrogen-bond donors (Lipinski definition) is 2. The monoisotopic (exact) mass is 404 g/mol. The average Bonchev–Trinajstić information content (AvgIpc) is 3.20. The van der Waals surface area contributed by atoms with Gasteiger partial charge in [0.2, 0.25) is 0 Å². The maximum absolute atomic E-state index is 13.4. The van der Waals surface area contributed by atoms with E-state index in [0.717, 1.165) is 40.4 Å². The topological polar surface area (TPSA) is 88.5 Å². The Hall–Kier alpha value is -3.22. The first-order valence-electron chi connectivity index (χ1n) is 10.7. The van der Waals surface area contributed by atoms with E-state index in [2.05, 4.69) is 38.2 Å². The summed E-state index contributed by atoms with van der Waals surface area (Å²) < 4.78 is 2.00. The fourth-order valence-corrected chi connectivity index (χ4v) is 4.08. The van der Waals surface area contributed by atoms with Crippen LogP contribution in [-0.2, 0) is 0 Å². The largest absolute Gasteiger partial charge is 0.360 e. The molecule has 0 radical (unpaired) electrons. The van der Waals surface area contributed by atoms with Crippen LogP contribution in [0.15, 0.2) is 41.7 Å². The molecule has 1 saturated carbocycles. The molecule has 3 heterocycles. The van der Waals surface area contributed by atoms with Gasteiger partial charge in [0.15, 0.2) is 11.5 Å². The molecule has 156 valence electrons. The molecule has 1 aliphatic carbocycles. The van der Waals surface area contributed by atoms with Crippen molar-refractivity contribution in [2.75, 3.05) is 5.32 Å². The molecule has 1 atom stereocenters. The van der Waals surface area contributed by atoms with Crippen molar-refractivity contribution in [1.29, 1.82) is 0 Å². The molecule has 1 aromatic carbocycles. The minimum atomic E-state index is -0.0976. The summed E-state index contributed by atoms with van der Waals surface area (Å²) in [5, 5.41) is 5.26. The smallest absolute Gasteiger partial charge is 0.259 e. The second kappa shape index (κ2) is 8.26. The highest BCUT2D eigenvalue weighted by molar-refractivity contribution is 5.85. The van der Waals surface area contributed by atoms with Crippen LogP contribution in [-0.4, -0.2) is 24.5 Å². The molecule has 7 nitrogen and oxygen atoms in total. The van der Waals surface area contributed by atoms with Crippen molar-refractivity contribution in [3.63, 3.8) is 0 Å². The number of nitrogens with zero attached hydrogens (tertiary/aromatic N) is 4. The summed E-state index contributed by atoms with van der Waals surface area (Å²) >= 11 is 0. The summed E-state index contributed by atoms with van der Waals surface area (Å²) in [6.45, 7) is 8.07. The third-order valence-corrected chi connectivity index (χ3v) is 5.78. The van der Waals surface area contributed by atoms with Crippen molar-refractivity contribution in [3.8, 4) is 0 Å². The number of rotatable bonds is 4. The van der Waals surface area contributed by atoms with Gasteiger partial charge in [0.1, 0.15) is 11.8 Å². The van der Waals surface area contributed by atoms with Gasteiger partial charge in [-0.25, -0.2) is 15.0 Å². The molecule has 7 heteroatoms. The lowest BCUT2D eigenvalue weighted by Crippen LogP contribution is -2.33. The molecule has 0 aliphatic heterocycles. The normalized spacial score (nSPS) is 14.8. The molecule has 5 rings (SSSR count). The number of aromatic amines is 1. The minimum Gasteiger partial charge on any atom is -0.360 e. The van der Waals surface area contributed by atoms with Crippen molar-refractivity contribution >= 4 is 27.8 Å². The van der Waals surface area contributed by atoms with Crippen molar-refractivity contribution < 1.29 is 0 Å². The standard InChI is InChI=1S/C21H22N6O.C2H6/c1-12-5-3-6-14-9-16(27(15-7-4-8-15)21(28)17(12)14)13(2)26-20-18-19(23-10-22-18)24-11-25-20;1-2/h3,5-6,9-11,13,15H,4,7-8H2,1-2H3,(H2,22,23,24,25,26);1-2H3. The van der Waals surface area contributed by atoms with Crippen molar-refractivity contribution in [3.05, 3.63) is 58.5 Å². The third kappa shape index (κ3) is 3.34. The fraction of sp³-hybridized carbons (Fsp3) is 0.391. The van der Waals surface area contributed by atoms with Gasteiger partial charge in [0.25, 0.3) is 5.56 Å². The summed E-state index contributed by atoms with van der Waals surface area (Å²) in [5.74, 6) is 0.687. The Bertz CT molecular complexity index is 1240. The lowest BCUT2D eigenvalue weighted by Gasteiger charge is -2.32. The zero-order chi connectivity index (χ0) is 21.3. The van der Waals surface area contributed by atoms with E-state index in [-0.39, 0.29) is 17.6 Å². The zero-order valence-corrected chi connectivity index (χ0v) is 17.9. The summed E-state index contributed by atoms with van der Waals surface area (Å²) in [6.07, 6.45) is 6.38. The van der Waals surface area contributed by atoms with Crippen molar-refractivity contribution in [1.82, 2.24) is 24.5 Å². The molecule has 1 aliphatic rings. The van der Waals surface area contributed by atoms with Crippen LogP contribution < -0.4 is 10.9 Å². The first kappa shape index (κ1) is 20.1. The van der Waals surface area contributed by atoms with Gasteiger partial charge < -0.3 is 14.9 Å². The van der Waals surface area contributed by atoms with Crippen LogP contribution in [0.25, 0.3) is 21.9 Å². The molecule has 0 spiro atoms. The van der Waals surface area contributed by atoms with Gasteiger partial charge in [-0.1, -0.05) is 32.0 Å². The molecule has 4 aromatic rings. The van der Waals surface area contributed by atoms with Crippen LogP contribution in [0.3, 0.4) is 0 Å². The highest BCUT2D eigenvalue weighted by Gasteiger charge is 2.26. The number of anilines is 1. The maximum Gasteiger partial charge on any atom is 0.259 e. The second-order valence-electron chi connectivity index (χ2n) is 7.56. The quantitative estimate of drug-likeness (QED) is 0.505. The SMILES string of the molecule is CC.Cc1cccc2cc(C(C)Nc3ncnc4nc[nH]c34)n(C3CCC3)c(=O)c12. The first-order chi connectivity index (χ1) is 14.6. The highest BCUT2D eigenvalue weighted by Crippen LogP contribution is 2.34. The minimum absolute atomic E-state index is 0.0976. The van der Waals surface area contributed by atoms with E-state index < -0.39 is 0 Å². The Morgan fingerprint density at radius 1 is 1.20 bits per heavy atom. The fourth-order valence-electron chi connectivity index (χ4n) is 4.08. The molecule has 0 bridgehead atoms. The maximum atomic E-state index is 13.4. The van der Waals surface area contributed by atoms with Crippen LogP contribution in [0.5, 0.6) is 0 Å². The third-order valence-electron chi connectivity index (χ3n) is 5.78. The van der Waals surface area contributed by atoms with Gasteiger partial charge in [-0.05, 0) is 50.1 Å². The van der Waals surface area contributed by atoms with Crippen LogP contribution >= 0.6 is 0 Å². The molecular weight excluding hydrogens is 376 g/mol. The average molecular weight is 405 g/mol. The number of aryl methyl sites for hydroxylation is 1. The number of pyridine rings is 1. The van der Waals surface area contributed by atoms with Crippen molar-refractivity contribution in [2.45, 2.75) is 59.0 Å². The van der Waals surface area contributed by atoms with Crippen LogP contribution in [0.1, 0.15) is 63.4 Å². The lowest BCUT2D eigenvalue weighted by atomic mass is 9.91. The Balaban J connectivity index is 0.00000106. The summed E-state index contributed by atoms with van der Waals surface area (Å²) in [4.78, 5) is 29.2. The molecule has 0 amide bonds. The van der Waals surface area contributed by atoms with Crippen molar-refractivity contribution in [2.24, 2.45) is 0 Å². The number of hydrogen-bond acceptors (Lipinski definition) is 5. The first-order valence-corrected chi connectivity index (χ1v) is 10.7. The predicted octanol–water partition coefficient (Wildman–Crippen LogP) is 4.90. The molecule has 0 saturated heterocycles. The van der Waals surface area contributed by atoms with E-state index in [0.29, 0.717) is 11.5 Å². The van der Waals surface area contributed by atoms with E-state index in [1.165, 1.54) is 12.7 Å². The van der Waals surface area contributed by atoms with E-state index in [1.54, 1.807) is 6.33 Å². The summed E-state index contributed by atoms with van der Waals surface area (Å²) in [7, 11) is 0. The zero-order valence-electron chi connectivity index (χ0n) is 17.9. The van der Waals surface area contributed by atoms with Gasteiger partial charge in [0, 0.05) is 11.7 Å². The Labute approximate surface area is 175 Å². The molecule has 1 unspecified atom stereocenters. The number of H-pyrrole nitrogens is 1. The molecule has 1 fully saturated rings. The number of nitrogens with one attached hydrogen (secondary N) is 2. The number of fused-ring (bicyclic) bond motifs is 2. The predicted molar refractivity (Wildman–Crippen MR) is 121 cm³/mol. The highest BCUT2D eigenvalue weighted by atomic mass is 16.1. The van der Waals surface area contributed by atoms with Gasteiger partial charge in [-0.3, -0.25) is 4.79 Å². The number of aromatic nitrogens is 5. The Morgan fingerprint density at radius 3 is 2.73 bits per heavy atom. The van der Waals surface area contributed by atoms with E-state index >= 15 is 0 Å². The van der Waals surface area contributed by atoms with Crippen LogP contribution in [0.2, 0.25) is 0 Å². The molecule has 3 aromatic heterocycles. The second-order valence-corrected chi connectivity index (χ2v) is 7.56. The van der Waals surface area contributed by atoms with Gasteiger partial charge in [-0.15, -0.1) is 0 Å². The molecular formula is C23H28N6O. The van der Waals surface area contributed by atoms with Crippen LogP contribution in [0, 0.1) is 6.92 Å². The van der Waals surface area contributed by atoms with Crippen LogP contribution in [0.4, 0.5) is 5.82 Å². The van der Waals surface area contributed by atoms with E-state index in [9.17, 15) is 4.79 Å². The molecule has 30 heavy (non-hydrogen) atoms. The summed E-state index contributed by atoms with van der Waals surface area (Å²) in [6, 6.07) is 8.35. The van der Waals surface area contributed by atoms with E-state index in [4.69, 9.17) is 0 Å². The lowest BCUT2D eigenvalue weighted by molar-refractivity contribution is 0.298. The van der Waals surface area contributed by atoms with Gasteiger partial charge in [0.05, 0.1) is 17.8 Å². The van der Waals surface area contributed by atoms with Gasteiger partial charge in [-0.2, -0.15) is 0 Å². The van der Waals surface area contributed by atoms with E-state index in [1.807, 2.05) is 43.5 Å². The van der Waals surface area contributed by atoms with Gasteiger partial charge >= 0.3 is 0 Å². The Morgan fingerprint density at radius 2 is 2.00 bits per heavy atom. The molecule has 2 N–H and O–H groups in total. The number of benzene rings is 1. The number of imidazole rings is 1. The summed E-state index contributed by atoms with van der Waals surface area (Å²) in [5.41, 5.74) is 3.51. The Kier molecular flexibility index (Phi) is 5.53.